The van der Waals surface area contributed by atoms with Gasteiger partial charge >= 0.3 is 0 Å². The Morgan fingerprint density at radius 1 is 1.29 bits per heavy atom. The van der Waals surface area contributed by atoms with Crippen LogP contribution in [0.2, 0.25) is 5.02 Å². The molecule has 4 nitrogen and oxygen atoms in total. The van der Waals surface area contributed by atoms with Gasteiger partial charge in [0.1, 0.15) is 0 Å². The molecule has 2 N–H and O–H groups in total. The van der Waals surface area contributed by atoms with E-state index in [9.17, 15) is 8.42 Å². The standard InChI is InChI=1S/C15H23ClN2O2S/c1-10-5-4-6-11(2)18(10)21(19,20)15-8-14(16)7-13(9-17)12(15)3/h7-8,10-11H,4-6,9,17H2,1-3H3. The fourth-order valence-electron chi connectivity index (χ4n) is 3.17. The molecule has 0 spiro atoms. The molecule has 0 bridgehead atoms. The molecule has 1 aliphatic heterocycles. The van der Waals surface area contributed by atoms with Gasteiger partial charge in [-0.25, -0.2) is 8.42 Å². The Hall–Kier alpha value is -0.620. The smallest absolute Gasteiger partial charge is 0.243 e. The normalized spacial score (nSPS) is 24.2. The third-order valence-corrected chi connectivity index (χ3v) is 6.79. The number of nitrogens with zero attached hydrogens (tertiary/aromatic N) is 1. The fourth-order valence-corrected chi connectivity index (χ4v) is 5.66. The minimum Gasteiger partial charge on any atom is -0.326 e. The molecule has 1 saturated heterocycles. The van der Waals surface area contributed by atoms with Crippen LogP contribution < -0.4 is 5.73 Å². The molecule has 0 saturated carbocycles. The molecule has 1 aliphatic rings. The van der Waals surface area contributed by atoms with Crippen LogP contribution in [0, 0.1) is 6.92 Å². The van der Waals surface area contributed by atoms with Crippen molar-refractivity contribution in [3.8, 4) is 0 Å². The number of benzene rings is 1. The van der Waals surface area contributed by atoms with Crippen LogP contribution in [-0.2, 0) is 16.6 Å². The van der Waals surface area contributed by atoms with Crippen LogP contribution >= 0.6 is 11.6 Å². The van der Waals surface area contributed by atoms with Crippen molar-refractivity contribution in [3.63, 3.8) is 0 Å². The minimum atomic E-state index is -3.55. The van der Waals surface area contributed by atoms with Crippen LogP contribution in [0.1, 0.15) is 44.2 Å². The Morgan fingerprint density at radius 3 is 2.38 bits per heavy atom. The van der Waals surface area contributed by atoms with Crippen molar-refractivity contribution in [2.24, 2.45) is 5.73 Å². The average molecular weight is 331 g/mol. The first-order valence-corrected chi connectivity index (χ1v) is 9.13. The van der Waals surface area contributed by atoms with E-state index in [4.69, 9.17) is 17.3 Å². The first-order valence-electron chi connectivity index (χ1n) is 7.31. The molecule has 0 radical (unpaired) electrons. The van der Waals surface area contributed by atoms with Crippen LogP contribution in [0.4, 0.5) is 0 Å². The first-order chi connectivity index (χ1) is 9.78. The van der Waals surface area contributed by atoms with Gasteiger partial charge in [-0.3, -0.25) is 0 Å². The number of hydrogen-bond acceptors (Lipinski definition) is 3. The Bertz CT molecular complexity index is 621. The maximum Gasteiger partial charge on any atom is 0.243 e. The lowest BCUT2D eigenvalue weighted by Gasteiger charge is -2.38. The quantitative estimate of drug-likeness (QED) is 0.926. The van der Waals surface area contributed by atoms with Crippen molar-refractivity contribution in [1.29, 1.82) is 0 Å². The molecule has 2 rings (SSSR count). The number of nitrogens with two attached hydrogens (primary N) is 1. The Morgan fingerprint density at radius 2 is 1.86 bits per heavy atom. The lowest BCUT2D eigenvalue weighted by molar-refractivity contribution is 0.204. The summed E-state index contributed by atoms with van der Waals surface area (Å²) in [4.78, 5) is 0.288. The van der Waals surface area contributed by atoms with Gasteiger partial charge < -0.3 is 5.73 Å². The predicted molar refractivity (Wildman–Crippen MR) is 85.9 cm³/mol. The molecule has 1 fully saturated rings. The van der Waals surface area contributed by atoms with Crippen molar-refractivity contribution in [2.45, 2.75) is 63.6 Å². The molecule has 1 heterocycles. The third-order valence-electron chi connectivity index (χ3n) is 4.32. The Labute approximate surface area is 132 Å². The fraction of sp³-hybridized carbons (Fsp3) is 0.600. The monoisotopic (exact) mass is 330 g/mol. The molecule has 1 aromatic rings. The van der Waals surface area contributed by atoms with Crippen molar-refractivity contribution in [1.82, 2.24) is 4.31 Å². The van der Waals surface area contributed by atoms with E-state index in [0.29, 0.717) is 10.6 Å². The van der Waals surface area contributed by atoms with E-state index in [1.54, 1.807) is 23.4 Å². The summed E-state index contributed by atoms with van der Waals surface area (Å²) in [6, 6.07) is 3.30. The second kappa shape index (κ2) is 6.24. The van der Waals surface area contributed by atoms with Gasteiger partial charge in [-0.15, -0.1) is 0 Å². The van der Waals surface area contributed by atoms with E-state index in [-0.39, 0.29) is 23.5 Å². The molecule has 6 heteroatoms. The molecule has 1 aromatic carbocycles. The van der Waals surface area contributed by atoms with Crippen molar-refractivity contribution >= 4 is 21.6 Å². The highest BCUT2D eigenvalue weighted by Crippen LogP contribution is 2.33. The summed E-state index contributed by atoms with van der Waals surface area (Å²) >= 11 is 6.08. The van der Waals surface area contributed by atoms with Gasteiger partial charge in [-0.05, 0) is 56.9 Å². The summed E-state index contributed by atoms with van der Waals surface area (Å²) in [7, 11) is -3.55. The van der Waals surface area contributed by atoms with Crippen LogP contribution in [0.15, 0.2) is 17.0 Å². The van der Waals surface area contributed by atoms with Crippen molar-refractivity contribution < 1.29 is 8.42 Å². The van der Waals surface area contributed by atoms with E-state index >= 15 is 0 Å². The molecule has 2 atom stereocenters. The zero-order valence-electron chi connectivity index (χ0n) is 12.8. The van der Waals surface area contributed by atoms with Crippen molar-refractivity contribution in [3.05, 3.63) is 28.3 Å². The number of piperidine rings is 1. The summed E-state index contributed by atoms with van der Waals surface area (Å²) in [5.74, 6) is 0. The summed E-state index contributed by atoms with van der Waals surface area (Å²) in [6.07, 6.45) is 2.86. The Balaban J connectivity index is 2.56. The van der Waals surface area contributed by atoms with Crippen LogP contribution in [-0.4, -0.2) is 24.8 Å². The largest absolute Gasteiger partial charge is 0.326 e. The lowest BCUT2D eigenvalue weighted by atomic mass is 10.0. The molecule has 0 aromatic heterocycles. The number of rotatable bonds is 3. The molecule has 0 aliphatic carbocycles. The zero-order chi connectivity index (χ0) is 15.8. The summed E-state index contributed by atoms with van der Waals surface area (Å²) in [6.45, 7) is 6.01. The SMILES string of the molecule is Cc1c(CN)cc(Cl)cc1S(=O)(=O)N1C(C)CCCC1C. The number of sulfonamides is 1. The van der Waals surface area contributed by atoms with Crippen LogP contribution in [0.3, 0.4) is 0 Å². The first kappa shape index (κ1) is 16.7. The van der Waals surface area contributed by atoms with E-state index < -0.39 is 10.0 Å². The highest BCUT2D eigenvalue weighted by molar-refractivity contribution is 7.89. The molecule has 2 unspecified atom stereocenters. The van der Waals surface area contributed by atoms with E-state index in [1.807, 2.05) is 13.8 Å². The highest BCUT2D eigenvalue weighted by atomic mass is 35.5. The number of halogens is 1. The van der Waals surface area contributed by atoms with Gasteiger partial charge in [0.15, 0.2) is 0 Å². The topological polar surface area (TPSA) is 63.4 Å². The number of hydrogen-bond donors (Lipinski definition) is 1. The Kier molecular flexibility index (Phi) is 4.98. The van der Waals surface area contributed by atoms with Gasteiger partial charge in [0.25, 0.3) is 0 Å². The van der Waals surface area contributed by atoms with Crippen molar-refractivity contribution in [2.75, 3.05) is 0 Å². The summed E-state index contributed by atoms with van der Waals surface area (Å²) < 4.78 is 27.8. The maximum atomic E-state index is 13.1. The molecule has 0 amide bonds. The lowest BCUT2D eigenvalue weighted by Crippen LogP contribution is -2.47. The average Bonchev–Trinajstić information content (AvgIpc) is 2.40. The summed E-state index contributed by atoms with van der Waals surface area (Å²) in [5, 5.41) is 0.414. The molecular weight excluding hydrogens is 308 g/mol. The van der Waals surface area contributed by atoms with Gasteiger partial charge in [-0.2, -0.15) is 4.31 Å². The van der Waals surface area contributed by atoms with Crippen LogP contribution in [0.5, 0.6) is 0 Å². The van der Waals surface area contributed by atoms with E-state index in [1.165, 1.54) is 0 Å². The second-order valence-corrected chi connectivity index (χ2v) is 8.10. The highest BCUT2D eigenvalue weighted by Gasteiger charge is 2.36. The van der Waals surface area contributed by atoms with Gasteiger partial charge in [0.2, 0.25) is 10.0 Å². The minimum absolute atomic E-state index is 0.0125. The van der Waals surface area contributed by atoms with E-state index in [0.717, 1.165) is 24.8 Å². The summed E-state index contributed by atoms with van der Waals surface area (Å²) in [5.41, 5.74) is 7.17. The van der Waals surface area contributed by atoms with Crippen LogP contribution in [0.25, 0.3) is 0 Å². The second-order valence-electron chi connectivity index (χ2n) is 5.86. The van der Waals surface area contributed by atoms with E-state index in [2.05, 4.69) is 0 Å². The molecule has 21 heavy (non-hydrogen) atoms. The third kappa shape index (κ3) is 3.11. The van der Waals surface area contributed by atoms with Gasteiger partial charge in [0.05, 0.1) is 4.90 Å². The van der Waals surface area contributed by atoms with Gasteiger partial charge in [-0.1, -0.05) is 18.0 Å². The molecular formula is C15H23ClN2O2S. The van der Waals surface area contributed by atoms with Gasteiger partial charge in [0, 0.05) is 23.7 Å². The molecule has 118 valence electrons. The predicted octanol–water partition coefficient (Wildman–Crippen LogP) is 3.06. The zero-order valence-corrected chi connectivity index (χ0v) is 14.3. The maximum absolute atomic E-state index is 13.1.